The van der Waals surface area contributed by atoms with Crippen LogP contribution in [0.25, 0.3) is 0 Å². The standard InChI is InChI=1S/C21H27NO5S/c1-5-21(6-2)14-17(16-9-7-8-10-18(16)27-21)22-28(23,24)15-11-12-19(25-3)20(13-15)26-4/h7-13,17,22H,5-6,14H2,1-4H3/t17-/m1/s1. The van der Waals surface area contributed by atoms with E-state index in [1.165, 1.54) is 26.4 Å². The predicted molar refractivity (Wildman–Crippen MR) is 108 cm³/mol. The molecule has 1 atom stereocenters. The monoisotopic (exact) mass is 405 g/mol. The highest BCUT2D eigenvalue weighted by molar-refractivity contribution is 7.89. The predicted octanol–water partition coefficient (Wildman–Crippen LogP) is 4.06. The van der Waals surface area contributed by atoms with Gasteiger partial charge < -0.3 is 14.2 Å². The molecule has 0 saturated carbocycles. The molecule has 152 valence electrons. The van der Waals surface area contributed by atoms with E-state index < -0.39 is 10.0 Å². The average Bonchev–Trinajstić information content (AvgIpc) is 2.72. The van der Waals surface area contributed by atoms with Gasteiger partial charge in [-0.1, -0.05) is 32.0 Å². The van der Waals surface area contributed by atoms with Crippen molar-refractivity contribution in [2.45, 2.75) is 49.6 Å². The number of hydrogen-bond donors (Lipinski definition) is 1. The number of hydrogen-bond acceptors (Lipinski definition) is 5. The highest BCUT2D eigenvalue weighted by atomic mass is 32.2. The lowest BCUT2D eigenvalue weighted by molar-refractivity contribution is 0.0260. The minimum atomic E-state index is -3.77. The van der Waals surface area contributed by atoms with Crippen molar-refractivity contribution in [3.05, 3.63) is 48.0 Å². The van der Waals surface area contributed by atoms with Crippen molar-refractivity contribution < 1.29 is 22.6 Å². The molecule has 0 radical (unpaired) electrons. The smallest absolute Gasteiger partial charge is 0.241 e. The first kappa shape index (κ1) is 20.5. The van der Waals surface area contributed by atoms with Gasteiger partial charge in [-0.2, -0.15) is 0 Å². The molecule has 1 aliphatic heterocycles. The lowest BCUT2D eigenvalue weighted by Crippen LogP contribution is -2.44. The number of nitrogens with one attached hydrogen (secondary N) is 1. The van der Waals surface area contributed by atoms with Crippen molar-refractivity contribution >= 4 is 10.0 Å². The number of methoxy groups -OCH3 is 2. The van der Waals surface area contributed by atoms with E-state index in [0.717, 1.165) is 24.2 Å². The summed E-state index contributed by atoms with van der Waals surface area (Å²) in [7, 11) is -0.776. The summed E-state index contributed by atoms with van der Waals surface area (Å²) in [5.41, 5.74) is 0.461. The first-order chi connectivity index (χ1) is 13.4. The van der Waals surface area contributed by atoms with Crippen molar-refractivity contribution in [1.29, 1.82) is 0 Å². The Morgan fingerprint density at radius 1 is 1.07 bits per heavy atom. The van der Waals surface area contributed by atoms with E-state index in [-0.39, 0.29) is 16.5 Å². The Morgan fingerprint density at radius 3 is 2.39 bits per heavy atom. The van der Waals surface area contributed by atoms with Crippen LogP contribution in [0.15, 0.2) is 47.4 Å². The Balaban J connectivity index is 1.97. The maximum atomic E-state index is 13.1. The van der Waals surface area contributed by atoms with Gasteiger partial charge in [0.05, 0.1) is 25.2 Å². The fourth-order valence-corrected chi connectivity index (χ4v) is 4.88. The fourth-order valence-electron chi connectivity index (χ4n) is 3.65. The van der Waals surface area contributed by atoms with Crippen LogP contribution < -0.4 is 18.9 Å². The summed E-state index contributed by atoms with van der Waals surface area (Å²) < 4.78 is 45.8. The molecule has 0 unspecified atom stereocenters. The average molecular weight is 406 g/mol. The highest BCUT2D eigenvalue weighted by Crippen LogP contribution is 2.43. The number of rotatable bonds is 7. The molecule has 2 aromatic rings. The van der Waals surface area contributed by atoms with Crippen LogP contribution in [-0.2, 0) is 10.0 Å². The van der Waals surface area contributed by atoms with Crippen LogP contribution in [0, 0.1) is 0 Å². The Kier molecular flexibility index (Phi) is 5.86. The minimum absolute atomic E-state index is 0.132. The molecule has 0 saturated heterocycles. The summed E-state index contributed by atoms with van der Waals surface area (Å²) in [5, 5.41) is 0. The lowest BCUT2D eigenvalue weighted by Gasteiger charge is -2.41. The van der Waals surface area contributed by atoms with Gasteiger partial charge in [0.2, 0.25) is 10.0 Å². The summed E-state index contributed by atoms with van der Waals surface area (Å²) in [4.78, 5) is 0.132. The van der Waals surface area contributed by atoms with Crippen LogP contribution in [0.5, 0.6) is 17.2 Å². The van der Waals surface area contributed by atoms with Gasteiger partial charge in [-0.3, -0.25) is 0 Å². The molecule has 0 fully saturated rings. The van der Waals surface area contributed by atoms with Crippen molar-refractivity contribution in [2.24, 2.45) is 0 Å². The summed E-state index contributed by atoms with van der Waals surface area (Å²) >= 11 is 0. The highest BCUT2D eigenvalue weighted by Gasteiger charge is 2.40. The van der Waals surface area contributed by atoms with Gasteiger partial charge >= 0.3 is 0 Å². The van der Waals surface area contributed by atoms with E-state index in [9.17, 15) is 8.42 Å². The second-order valence-electron chi connectivity index (χ2n) is 6.92. The van der Waals surface area contributed by atoms with Crippen molar-refractivity contribution in [2.75, 3.05) is 14.2 Å². The van der Waals surface area contributed by atoms with E-state index in [0.29, 0.717) is 17.9 Å². The van der Waals surface area contributed by atoms with Gasteiger partial charge in [-0.15, -0.1) is 0 Å². The third-order valence-corrected chi connectivity index (χ3v) is 6.92. The molecule has 28 heavy (non-hydrogen) atoms. The number of benzene rings is 2. The maximum Gasteiger partial charge on any atom is 0.241 e. The molecule has 0 amide bonds. The Hall–Kier alpha value is -2.25. The second kappa shape index (κ2) is 8.01. The Bertz CT molecular complexity index is 938. The zero-order valence-corrected chi connectivity index (χ0v) is 17.5. The largest absolute Gasteiger partial charge is 0.493 e. The molecular weight excluding hydrogens is 378 g/mol. The third kappa shape index (κ3) is 3.82. The van der Waals surface area contributed by atoms with Crippen LogP contribution in [0.3, 0.4) is 0 Å². The maximum absolute atomic E-state index is 13.1. The fraction of sp³-hybridized carbons (Fsp3) is 0.429. The molecule has 0 bridgehead atoms. The van der Waals surface area contributed by atoms with E-state index >= 15 is 0 Å². The molecule has 0 aliphatic carbocycles. The Morgan fingerprint density at radius 2 is 1.75 bits per heavy atom. The van der Waals surface area contributed by atoms with Gasteiger partial charge in [-0.05, 0) is 31.0 Å². The second-order valence-corrected chi connectivity index (χ2v) is 8.64. The quantitative estimate of drug-likeness (QED) is 0.752. The summed E-state index contributed by atoms with van der Waals surface area (Å²) in [5.74, 6) is 1.58. The zero-order chi connectivity index (χ0) is 20.4. The SMILES string of the molecule is CCC1(CC)C[C@@H](NS(=O)(=O)c2ccc(OC)c(OC)c2)c2ccccc2O1. The van der Waals surface area contributed by atoms with Gasteiger partial charge in [0.1, 0.15) is 11.4 Å². The van der Waals surface area contributed by atoms with Crippen LogP contribution in [0.2, 0.25) is 0 Å². The normalized spacial score (nSPS) is 18.1. The zero-order valence-electron chi connectivity index (χ0n) is 16.7. The number of sulfonamides is 1. The summed E-state index contributed by atoms with van der Waals surface area (Å²) in [6, 6.07) is 11.8. The molecule has 7 heteroatoms. The van der Waals surface area contributed by atoms with E-state index in [2.05, 4.69) is 18.6 Å². The van der Waals surface area contributed by atoms with Crippen LogP contribution in [0.4, 0.5) is 0 Å². The van der Waals surface area contributed by atoms with E-state index in [1.54, 1.807) is 6.07 Å². The third-order valence-electron chi connectivity index (χ3n) is 5.45. The molecule has 1 aliphatic rings. The molecule has 6 nitrogen and oxygen atoms in total. The molecule has 0 aromatic heterocycles. The number of fused-ring (bicyclic) bond motifs is 1. The van der Waals surface area contributed by atoms with Crippen LogP contribution >= 0.6 is 0 Å². The molecule has 1 heterocycles. The van der Waals surface area contributed by atoms with E-state index in [1.807, 2.05) is 24.3 Å². The topological polar surface area (TPSA) is 73.9 Å². The van der Waals surface area contributed by atoms with Gasteiger partial charge in [-0.25, -0.2) is 13.1 Å². The number of ether oxygens (including phenoxy) is 3. The van der Waals surface area contributed by atoms with Crippen molar-refractivity contribution in [3.8, 4) is 17.2 Å². The van der Waals surface area contributed by atoms with Crippen LogP contribution in [-0.4, -0.2) is 28.2 Å². The van der Waals surface area contributed by atoms with Crippen molar-refractivity contribution in [3.63, 3.8) is 0 Å². The molecule has 1 N–H and O–H groups in total. The van der Waals surface area contributed by atoms with Gasteiger partial charge in [0.15, 0.2) is 11.5 Å². The number of para-hydroxylation sites is 1. The Labute approximate surface area is 166 Å². The molecule has 2 aromatic carbocycles. The van der Waals surface area contributed by atoms with Gasteiger partial charge in [0, 0.05) is 18.1 Å². The minimum Gasteiger partial charge on any atom is -0.493 e. The van der Waals surface area contributed by atoms with Crippen LogP contribution in [0.1, 0.15) is 44.7 Å². The first-order valence-corrected chi connectivity index (χ1v) is 10.9. The molecule has 0 spiro atoms. The summed E-state index contributed by atoms with van der Waals surface area (Å²) in [6.07, 6.45) is 2.17. The molecular formula is C21H27NO5S. The van der Waals surface area contributed by atoms with E-state index in [4.69, 9.17) is 14.2 Å². The molecule has 3 rings (SSSR count). The lowest BCUT2D eigenvalue weighted by atomic mass is 9.84. The van der Waals surface area contributed by atoms with Crippen molar-refractivity contribution in [1.82, 2.24) is 4.72 Å². The first-order valence-electron chi connectivity index (χ1n) is 9.40. The van der Waals surface area contributed by atoms with Gasteiger partial charge in [0.25, 0.3) is 0 Å². The summed E-state index contributed by atoms with van der Waals surface area (Å²) in [6.45, 7) is 4.13.